The number of nitrogens with zero attached hydrogens (tertiary/aromatic N) is 2. The van der Waals surface area contributed by atoms with Crippen LogP contribution in [0, 0.1) is 13.8 Å². The second kappa shape index (κ2) is 12.3. The van der Waals surface area contributed by atoms with Crippen LogP contribution >= 0.6 is 11.6 Å². The van der Waals surface area contributed by atoms with Crippen LogP contribution in [0.25, 0.3) is 27.5 Å². The summed E-state index contributed by atoms with van der Waals surface area (Å²) in [5.74, 6) is 0. The third kappa shape index (κ3) is 5.17. The van der Waals surface area contributed by atoms with Gasteiger partial charge in [0.15, 0.2) is 0 Å². The van der Waals surface area contributed by atoms with E-state index in [2.05, 4.69) is 192 Å². The average Bonchev–Trinajstić information content (AvgIpc) is 3.46. The second-order valence-corrected chi connectivity index (χ2v) is 13.0. The van der Waals surface area contributed by atoms with Gasteiger partial charge in [-0.3, -0.25) is 0 Å². The van der Waals surface area contributed by atoms with Crippen molar-refractivity contribution >= 4 is 50.5 Å². The molecule has 2 atom stereocenters. The number of para-hydroxylation sites is 3. The first kappa shape index (κ1) is 29.9. The maximum Gasteiger partial charge on any atom is 0.105 e. The van der Waals surface area contributed by atoms with E-state index in [1.807, 2.05) is 6.07 Å². The van der Waals surface area contributed by atoms with E-state index in [0.717, 1.165) is 34.0 Å². The van der Waals surface area contributed by atoms with Crippen LogP contribution < -0.4 is 10.2 Å². The van der Waals surface area contributed by atoms with Crippen LogP contribution in [-0.2, 0) is 5.54 Å². The van der Waals surface area contributed by atoms with E-state index in [9.17, 15) is 0 Å². The maximum atomic E-state index is 7.82. The van der Waals surface area contributed by atoms with Crippen LogP contribution in [0.1, 0.15) is 16.7 Å². The zero-order valence-corrected chi connectivity index (χ0v) is 27.8. The van der Waals surface area contributed by atoms with Gasteiger partial charge in [0, 0.05) is 39.2 Å². The van der Waals surface area contributed by atoms with Crippen molar-refractivity contribution in [1.29, 1.82) is 0 Å². The van der Waals surface area contributed by atoms with E-state index < -0.39 is 10.9 Å². The molecule has 0 bridgehead atoms. The number of hydrogen-bond donors (Lipinski definition) is 1. The van der Waals surface area contributed by atoms with Crippen LogP contribution in [0.4, 0.5) is 17.1 Å². The van der Waals surface area contributed by atoms with Crippen molar-refractivity contribution in [2.24, 2.45) is 0 Å². The molecule has 234 valence electrons. The van der Waals surface area contributed by atoms with Crippen molar-refractivity contribution in [3.05, 3.63) is 192 Å². The van der Waals surface area contributed by atoms with Crippen molar-refractivity contribution in [2.45, 2.75) is 24.8 Å². The highest BCUT2D eigenvalue weighted by Crippen LogP contribution is 2.45. The smallest absolute Gasteiger partial charge is 0.105 e. The normalized spacial score (nSPS) is 17.4. The van der Waals surface area contributed by atoms with Gasteiger partial charge in [-0.2, -0.15) is 0 Å². The zero-order valence-electron chi connectivity index (χ0n) is 27.0. The first-order valence-corrected chi connectivity index (χ1v) is 16.8. The van der Waals surface area contributed by atoms with E-state index in [1.54, 1.807) is 0 Å². The number of anilines is 3. The largest absolute Gasteiger partial charge is 0.371 e. The fourth-order valence-electron chi connectivity index (χ4n) is 7.06. The lowest BCUT2D eigenvalue weighted by Gasteiger charge is -2.43. The molecule has 0 radical (unpaired) electrons. The molecule has 1 heterocycles. The molecule has 0 saturated carbocycles. The summed E-state index contributed by atoms with van der Waals surface area (Å²) in [5, 5.41) is 5.92. The predicted octanol–water partition coefficient (Wildman–Crippen LogP) is 11.6. The Morgan fingerprint density at radius 2 is 1.27 bits per heavy atom. The molecule has 48 heavy (non-hydrogen) atoms. The summed E-state index contributed by atoms with van der Waals surface area (Å²) in [7, 11) is 0. The first-order valence-electron chi connectivity index (χ1n) is 16.4. The Labute approximate surface area is 287 Å². The van der Waals surface area contributed by atoms with Gasteiger partial charge in [0.1, 0.15) is 10.9 Å². The van der Waals surface area contributed by atoms with Gasteiger partial charge in [-0.15, -0.1) is 11.6 Å². The lowest BCUT2D eigenvalue weighted by molar-refractivity contribution is 0.600. The minimum absolute atomic E-state index is 0.469. The standard InChI is InChI=1S/C44H36ClN3/c1-31-21-25-35(26-22-31)47(37-15-10-12-32(2)30-37)42-20-11-29-44(43(42)45,46-34-13-4-3-5-14-34)33-23-27-36(28-24-33)48-40-18-8-6-16-38(40)39-17-7-9-19-41(39)48/h3-30,43,46H,1-2H3. The van der Waals surface area contributed by atoms with Gasteiger partial charge in [0.2, 0.25) is 0 Å². The minimum Gasteiger partial charge on any atom is -0.371 e. The third-order valence-corrected chi connectivity index (χ3v) is 9.97. The average molecular weight is 642 g/mol. The Hall–Kier alpha value is -5.51. The van der Waals surface area contributed by atoms with Crippen LogP contribution in [0.15, 0.2) is 176 Å². The van der Waals surface area contributed by atoms with Crippen molar-refractivity contribution in [3.63, 3.8) is 0 Å². The molecule has 4 heteroatoms. The molecule has 0 fully saturated rings. The van der Waals surface area contributed by atoms with Crippen molar-refractivity contribution in [2.75, 3.05) is 10.2 Å². The summed E-state index contributed by atoms with van der Waals surface area (Å²) in [5.41, 5.74) is 10.3. The molecular weight excluding hydrogens is 606 g/mol. The zero-order chi connectivity index (χ0) is 32.7. The number of nitrogens with one attached hydrogen (secondary N) is 1. The Bertz CT molecular complexity index is 2250. The summed E-state index contributed by atoms with van der Waals surface area (Å²) < 4.78 is 2.35. The van der Waals surface area contributed by atoms with Gasteiger partial charge in [-0.05, 0) is 91.7 Å². The number of allylic oxidation sites excluding steroid dienone is 2. The highest BCUT2D eigenvalue weighted by atomic mass is 35.5. The number of alkyl halides is 1. The number of benzene rings is 6. The fourth-order valence-corrected chi connectivity index (χ4v) is 7.49. The Morgan fingerprint density at radius 3 is 1.94 bits per heavy atom. The van der Waals surface area contributed by atoms with Gasteiger partial charge in [0.25, 0.3) is 0 Å². The number of aryl methyl sites for hydroxylation is 2. The first-order chi connectivity index (χ1) is 23.5. The number of fused-ring (bicyclic) bond motifs is 3. The van der Waals surface area contributed by atoms with Crippen molar-refractivity contribution in [1.82, 2.24) is 4.57 Å². The number of hydrogen-bond acceptors (Lipinski definition) is 2. The highest BCUT2D eigenvalue weighted by molar-refractivity contribution is 6.24. The van der Waals surface area contributed by atoms with E-state index in [0.29, 0.717) is 0 Å². The van der Waals surface area contributed by atoms with E-state index >= 15 is 0 Å². The Balaban J connectivity index is 1.26. The van der Waals surface area contributed by atoms with Gasteiger partial charge in [-0.1, -0.05) is 109 Å². The molecule has 0 saturated heterocycles. The van der Waals surface area contributed by atoms with Crippen molar-refractivity contribution in [3.8, 4) is 5.69 Å². The number of aromatic nitrogens is 1. The van der Waals surface area contributed by atoms with E-state index in [4.69, 9.17) is 11.6 Å². The van der Waals surface area contributed by atoms with Gasteiger partial charge in [-0.25, -0.2) is 0 Å². The van der Waals surface area contributed by atoms with E-state index in [1.165, 1.54) is 32.9 Å². The molecular formula is C44H36ClN3. The number of rotatable bonds is 7. The van der Waals surface area contributed by atoms with Crippen LogP contribution in [0.3, 0.4) is 0 Å². The molecule has 1 aliphatic carbocycles. The van der Waals surface area contributed by atoms with Gasteiger partial charge >= 0.3 is 0 Å². The molecule has 8 rings (SSSR count). The topological polar surface area (TPSA) is 20.2 Å². The molecule has 1 aliphatic rings. The molecule has 2 unspecified atom stereocenters. The van der Waals surface area contributed by atoms with Crippen LogP contribution in [0.2, 0.25) is 0 Å². The van der Waals surface area contributed by atoms with Crippen molar-refractivity contribution < 1.29 is 0 Å². The summed E-state index contributed by atoms with van der Waals surface area (Å²) >= 11 is 7.82. The minimum atomic E-state index is -0.751. The molecule has 0 amide bonds. The molecule has 6 aromatic carbocycles. The van der Waals surface area contributed by atoms with Crippen LogP contribution in [0.5, 0.6) is 0 Å². The molecule has 0 spiro atoms. The third-order valence-electron chi connectivity index (χ3n) is 9.40. The number of halogens is 1. The quantitative estimate of drug-likeness (QED) is 0.175. The summed E-state index contributed by atoms with van der Waals surface area (Å²) in [6.07, 6.45) is 6.50. The Morgan fingerprint density at radius 1 is 0.625 bits per heavy atom. The van der Waals surface area contributed by atoms with E-state index in [-0.39, 0.29) is 0 Å². The summed E-state index contributed by atoms with van der Waals surface area (Å²) in [6.45, 7) is 4.25. The molecule has 7 aromatic rings. The fraction of sp³-hybridized carbons (Fsp3) is 0.0909. The van der Waals surface area contributed by atoms with Gasteiger partial charge < -0.3 is 14.8 Å². The highest BCUT2D eigenvalue weighted by Gasteiger charge is 2.43. The van der Waals surface area contributed by atoms with Crippen LogP contribution in [-0.4, -0.2) is 9.94 Å². The predicted molar refractivity (Wildman–Crippen MR) is 204 cm³/mol. The maximum absolute atomic E-state index is 7.82. The monoisotopic (exact) mass is 641 g/mol. The summed E-state index contributed by atoms with van der Waals surface area (Å²) in [6, 6.07) is 53.7. The SMILES string of the molecule is Cc1ccc(N(C2=CC=CC(Nc3ccccc3)(c3ccc(-n4c5ccccc5c5ccccc54)cc3)C2Cl)c2cccc(C)c2)cc1. The lowest BCUT2D eigenvalue weighted by Crippen LogP contribution is -2.47. The molecule has 0 aliphatic heterocycles. The lowest BCUT2D eigenvalue weighted by atomic mass is 9.80. The molecule has 1 N–H and O–H groups in total. The Kier molecular flexibility index (Phi) is 7.63. The molecule has 1 aromatic heterocycles. The van der Waals surface area contributed by atoms with Gasteiger partial charge in [0.05, 0.1) is 11.0 Å². The summed E-state index contributed by atoms with van der Waals surface area (Å²) in [4.78, 5) is 2.29. The second-order valence-electron chi connectivity index (χ2n) is 12.6. The molecule has 3 nitrogen and oxygen atoms in total.